The molecule has 124 valence electrons. The molecule has 2 heterocycles. The summed E-state index contributed by atoms with van der Waals surface area (Å²) in [6.07, 6.45) is -0.0748. The molecule has 0 atom stereocenters. The van der Waals surface area contributed by atoms with Crippen LogP contribution in [-0.2, 0) is 14.4 Å². The SMILES string of the molecule is CN1C(=O)C(=C2CC(=O)N(c3cccc(Br)c3)C2=O)c2ccccc21. The van der Waals surface area contributed by atoms with Gasteiger partial charge in [-0.05, 0) is 24.3 Å². The van der Waals surface area contributed by atoms with Crippen LogP contribution >= 0.6 is 15.9 Å². The molecular weight excluding hydrogens is 384 g/mol. The first-order chi connectivity index (χ1) is 12.0. The van der Waals surface area contributed by atoms with Crippen LogP contribution in [0.4, 0.5) is 11.4 Å². The van der Waals surface area contributed by atoms with E-state index >= 15 is 0 Å². The summed E-state index contributed by atoms with van der Waals surface area (Å²) in [6, 6.07) is 14.3. The molecular formula is C19H13BrN2O3. The number of halogens is 1. The maximum absolute atomic E-state index is 12.9. The number of carbonyl (C=O) groups excluding carboxylic acids is 3. The third-order valence-corrected chi connectivity index (χ3v) is 4.95. The molecule has 4 rings (SSSR count). The predicted molar refractivity (Wildman–Crippen MR) is 98.0 cm³/mol. The molecule has 0 radical (unpaired) electrons. The van der Waals surface area contributed by atoms with Crippen molar-refractivity contribution in [1.29, 1.82) is 0 Å². The first kappa shape index (κ1) is 15.8. The minimum absolute atomic E-state index is 0.0748. The molecule has 2 aliphatic rings. The summed E-state index contributed by atoms with van der Waals surface area (Å²) < 4.78 is 0.772. The number of likely N-dealkylation sites (N-methyl/N-ethyl adjacent to an activating group) is 1. The molecule has 25 heavy (non-hydrogen) atoms. The van der Waals surface area contributed by atoms with Gasteiger partial charge >= 0.3 is 0 Å². The molecule has 0 aliphatic carbocycles. The van der Waals surface area contributed by atoms with Gasteiger partial charge in [-0.25, -0.2) is 4.90 Å². The van der Waals surface area contributed by atoms with Crippen molar-refractivity contribution in [1.82, 2.24) is 0 Å². The summed E-state index contributed by atoms with van der Waals surface area (Å²) in [5.41, 5.74) is 2.52. The number of hydrogen-bond acceptors (Lipinski definition) is 3. The number of benzene rings is 2. The van der Waals surface area contributed by atoms with E-state index in [4.69, 9.17) is 0 Å². The van der Waals surface area contributed by atoms with E-state index < -0.39 is 5.91 Å². The van der Waals surface area contributed by atoms with Gasteiger partial charge in [-0.1, -0.05) is 40.2 Å². The molecule has 1 saturated heterocycles. The van der Waals surface area contributed by atoms with E-state index in [1.54, 1.807) is 31.3 Å². The van der Waals surface area contributed by atoms with E-state index in [1.807, 2.05) is 24.3 Å². The van der Waals surface area contributed by atoms with Gasteiger partial charge in [0.25, 0.3) is 11.8 Å². The van der Waals surface area contributed by atoms with Gasteiger partial charge in [0, 0.05) is 22.7 Å². The first-order valence-electron chi connectivity index (χ1n) is 7.72. The highest BCUT2D eigenvalue weighted by Crippen LogP contribution is 2.40. The second-order valence-electron chi connectivity index (χ2n) is 5.93. The molecule has 5 nitrogen and oxygen atoms in total. The lowest BCUT2D eigenvalue weighted by atomic mass is 10.00. The molecule has 2 aromatic rings. The second kappa shape index (κ2) is 5.67. The van der Waals surface area contributed by atoms with Crippen LogP contribution in [0.1, 0.15) is 12.0 Å². The molecule has 1 fully saturated rings. The quantitative estimate of drug-likeness (QED) is 0.549. The summed E-state index contributed by atoms with van der Waals surface area (Å²) in [6.45, 7) is 0. The van der Waals surface area contributed by atoms with Crippen molar-refractivity contribution in [2.24, 2.45) is 0 Å². The molecule has 0 N–H and O–H groups in total. The van der Waals surface area contributed by atoms with Crippen molar-refractivity contribution in [2.45, 2.75) is 6.42 Å². The number of anilines is 2. The summed E-state index contributed by atoms with van der Waals surface area (Å²) >= 11 is 3.35. The topological polar surface area (TPSA) is 57.7 Å². The molecule has 0 spiro atoms. The van der Waals surface area contributed by atoms with Crippen molar-refractivity contribution >= 4 is 50.6 Å². The Morgan fingerprint density at radius 2 is 1.72 bits per heavy atom. The number of hydrogen-bond donors (Lipinski definition) is 0. The highest BCUT2D eigenvalue weighted by molar-refractivity contribution is 9.10. The Balaban J connectivity index is 1.85. The lowest BCUT2D eigenvalue weighted by molar-refractivity contribution is -0.121. The fourth-order valence-corrected chi connectivity index (χ4v) is 3.67. The van der Waals surface area contributed by atoms with E-state index in [2.05, 4.69) is 15.9 Å². The molecule has 3 amide bonds. The molecule has 0 saturated carbocycles. The average molecular weight is 397 g/mol. The number of imide groups is 1. The largest absolute Gasteiger partial charge is 0.311 e. The van der Waals surface area contributed by atoms with Gasteiger partial charge in [-0.15, -0.1) is 0 Å². The second-order valence-corrected chi connectivity index (χ2v) is 6.84. The summed E-state index contributed by atoms with van der Waals surface area (Å²) in [7, 11) is 1.67. The van der Waals surface area contributed by atoms with Crippen LogP contribution in [0.2, 0.25) is 0 Å². The summed E-state index contributed by atoms with van der Waals surface area (Å²) in [5, 5.41) is 0. The number of amides is 3. The fourth-order valence-electron chi connectivity index (χ4n) is 3.29. The Morgan fingerprint density at radius 1 is 0.960 bits per heavy atom. The first-order valence-corrected chi connectivity index (χ1v) is 8.52. The van der Waals surface area contributed by atoms with Crippen molar-refractivity contribution in [3.63, 3.8) is 0 Å². The van der Waals surface area contributed by atoms with E-state index in [0.29, 0.717) is 16.8 Å². The van der Waals surface area contributed by atoms with Gasteiger partial charge in [0.1, 0.15) is 0 Å². The lowest BCUT2D eigenvalue weighted by Gasteiger charge is -2.14. The van der Waals surface area contributed by atoms with Crippen molar-refractivity contribution < 1.29 is 14.4 Å². The molecule has 0 bridgehead atoms. The van der Waals surface area contributed by atoms with Crippen LogP contribution in [-0.4, -0.2) is 24.8 Å². The minimum Gasteiger partial charge on any atom is -0.311 e. The minimum atomic E-state index is -0.434. The van der Waals surface area contributed by atoms with E-state index in [0.717, 1.165) is 15.1 Å². The van der Waals surface area contributed by atoms with Gasteiger partial charge in [0.15, 0.2) is 0 Å². The molecule has 0 aromatic heterocycles. The highest BCUT2D eigenvalue weighted by atomic mass is 79.9. The van der Waals surface area contributed by atoms with Gasteiger partial charge < -0.3 is 4.90 Å². The average Bonchev–Trinajstić information content (AvgIpc) is 3.02. The van der Waals surface area contributed by atoms with Crippen molar-refractivity contribution in [2.75, 3.05) is 16.8 Å². The zero-order chi connectivity index (χ0) is 17.7. The monoisotopic (exact) mass is 396 g/mol. The van der Waals surface area contributed by atoms with Crippen LogP contribution < -0.4 is 9.80 Å². The van der Waals surface area contributed by atoms with Gasteiger partial charge in [-0.2, -0.15) is 0 Å². The smallest absolute Gasteiger partial charge is 0.262 e. The Labute approximate surface area is 152 Å². The third kappa shape index (κ3) is 2.33. The Morgan fingerprint density at radius 3 is 2.48 bits per heavy atom. The van der Waals surface area contributed by atoms with Gasteiger partial charge in [0.2, 0.25) is 5.91 Å². The van der Waals surface area contributed by atoms with E-state index in [9.17, 15) is 14.4 Å². The van der Waals surface area contributed by atoms with Crippen LogP contribution in [0.3, 0.4) is 0 Å². The maximum atomic E-state index is 12.9. The molecule has 2 aromatic carbocycles. The Hall–Kier alpha value is -2.73. The number of carbonyl (C=O) groups is 3. The van der Waals surface area contributed by atoms with Crippen LogP contribution in [0.5, 0.6) is 0 Å². The normalized spacial score (nSPS) is 19.8. The van der Waals surface area contributed by atoms with Gasteiger partial charge in [0.05, 0.1) is 23.4 Å². The standard InChI is InChI=1S/C19H13BrN2O3/c1-21-15-8-3-2-7-13(15)17(19(21)25)14-10-16(23)22(18(14)24)12-6-4-5-11(20)9-12/h2-9H,10H2,1H3. The molecule has 0 unspecified atom stereocenters. The Kier molecular flexibility index (Phi) is 3.58. The van der Waals surface area contributed by atoms with Crippen LogP contribution in [0.15, 0.2) is 58.6 Å². The van der Waals surface area contributed by atoms with Gasteiger partial charge in [-0.3, -0.25) is 14.4 Å². The number of nitrogens with zero attached hydrogens (tertiary/aromatic N) is 2. The van der Waals surface area contributed by atoms with Crippen LogP contribution in [0, 0.1) is 0 Å². The Bertz CT molecular complexity index is 980. The van der Waals surface area contributed by atoms with Crippen molar-refractivity contribution in [3.8, 4) is 0 Å². The van der Waals surface area contributed by atoms with Crippen LogP contribution in [0.25, 0.3) is 5.57 Å². The van der Waals surface area contributed by atoms with E-state index in [-0.39, 0.29) is 23.8 Å². The summed E-state index contributed by atoms with van der Waals surface area (Å²) in [4.78, 5) is 40.8. The predicted octanol–water partition coefficient (Wildman–Crippen LogP) is 3.14. The summed E-state index contributed by atoms with van der Waals surface area (Å²) in [5.74, 6) is -1.02. The molecule has 2 aliphatic heterocycles. The zero-order valence-corrected chi connectivity index (χ0v) is 14.9. The van der Waals surface area contributed by atoms with Crippen molar-refractivity contribution in [3.05, 3.63) is 64.1 Å². The van der Waals surface area contributed by atoms with E-state index in [1.165, 1.54) is 4.90 Å². The zero-order valence-electron chi connectivity index (χ0n) is 13.3. The molecule has 6 heteroatoms. The highest BCUT2D eigenvalue weighted by Gasteiger charge is 2.42. The number of para-hydroxylation sites is 1. The lowest BCUT2D eigenvalue weighted by Crippen LogP contribution is -2.29. The third-order valence-electron chi connectivity index (χ3n) is 4.46. The number of fused-ring (bicyclic) bond motifs is 1. The number of rotatable bonds is 1. The maximum Gasteiger partial charge on any atom is 0.262 e. The fraction of sp³-hybridized carbons (Fsp3) is 0.105.